The summed E-state index contributed by atoms with van der Waals surface area (Å²) in [5.74, 6) is 0.406. The summed E-state index contributed by atoms with van der Waals surface area (Å²) >= 11 is 0. The molecule has 2 aromatic heterocycles. The van der Waals surface area contributed by atoms with Crippen LogP contribution in [-0.4, -0.2) is 32.6 Å². The zero-order valence-electron chi connectivity index (χ0n) is 19.1. The van der Waals surface area contributed by atoms with Crippen molar-refractivity contribution >= 4 is 5.96 Å². The number of alkyl halides is 3. The number of guanidine groups is 1. The Morgan fingerprint density at radius 3 is 2.25 bits per heavy atom. The van der Waals surface area contributed by atoms with Gasteiger partial charge in [0.15, 0.2) is 5.96 Å². The van der Waals surface area contributed by atoms with E-state index in [9.17, 15) is 13.2 Å². The van der Waals surface area contributed by atoms with Crippen molar-refractivity contribution in [2.75, 3.05) is 7.05 Å². The monoisotopic (exact) mass is 447 g/mol. The molecule has 3 rings (SSSR count). The minimum atomic E-state index is -4.50. The maximum Gasteiger partial charge on any atom is 0.416 e. The molecule has 0 saturated heterocycles. The first-order valence-corrected chi connectivity index (χ1v) is 10.2. The van der Waals surface area contributed by atoms with E-state index in [1.54, 1.807) is 24.7 Å². The highest BCUT2D eigenvalue weighted by atomic mass is 19.4. The highest BCUT2D eigenvalue weighted by Gasteiger charge is 2.34. The second kappa shape index (κ2) is 9.05. The van der Waals surface area contributed by atoms with E-state index < -0.39 is 11.7 Å². The van der Waals surface area contributed by atoms with Crippen LogP contribution in [0.4, 0.5) is 13.2 Å². The van der Waals surface area contributed by atoms with Gasteiger partial charge in [-0.15, -0.1) is 0 Å². The molecule has 0 aliphatic carbocycles. The molecule has 1 aromatic carbocycles. The van der Waals surface area contributed by atoms with Gasteiger partial charge in [0.2, 0.25) is 0 Å². The fourth-order valence-corrected chi connectivity index (χ4v) is 3.65. The number of rotatable bonds is 5. The Hall–Kier alpha value is -3.30. The first-order chi connectivity index (χ1) is 15.0. The maximum atomic E-state index is 13.8. The van der Waals surface area contributed by atoms with E-state index in [2.05, 4.69) is 25.8 Å². The number of aromatic nitrogens is 4. The fraction of sp³-hybridized carbons (Fsp3) is 0.409. The van der Waals surface area contributed by atoms with Crippen LogP contribution >= 0.6 is 0 Å². The Morgan fingerprint density at radius 1 is 1.03 bits per heavy atom. The lowest BCUT2D eigenvalue weighted by molar-refractivity contribution is -0.138. The van der Waals surface area contributed by atoms with E-state index in [-0.39, 0.29) is 12.1 Å². The standard InChI is InChI=1S/C22H28F3N7/c1-13-9-14(2)32(29-13)18-8-7-17(20(10-18)22(23,24)25)11-27-21(26-5)28-12-19-15(3)30-31(6)16(19)4/h7-10H,11-12H2,1-6H3,(H2,26,27,28). The van der Waals surface area contributed by atoms with Crippen molar-refractivity contribution in [2.45, 2.75) is 47.0 Å². The van der Waals surface area contributed by atoms with Gasteiger partial charge in [-0.1, -0.05) is 6.07 Å². The zero-order chi connectivity index (χ0) is 23.6. The predicted molar refractivity (Wildman–Crippen MR) is 118 cm³/mol. The zero-order valence-corrected chi connectivity index (χ0v) is 19.1. The van der Waals surface area contributed by atoms with Crippen molar-refractivity contribution in [3.63, 3.8) is 0 Å². The molecule has 0 unspecified atom stereocenters. The van der Waals surface area contributed by atoms with Crippen LogP contribution in [0.1, 0.15) is 39.5 Å². The molecule has 0 atom stereocenters. The molecule has 32 heavy (non-hydrogen) atoms. The minimum Gasteiger partial charge on any atom is -0.352 e. The lowest BCUT2D eigenvalue weighted by atomic mass is 10.1. The van der Waals surface area contributed by atoms with Crippen molar-refractivity contribution in [3.8, 4) is 5.69 Å². The number of aliphatic imine (C=N–C) groups is 1. The summed E-state index contributed by atoms with van der Waals surface area (Å²) in [7, 11) is 3.45. The Kier molecular flexibility index (Phi) is 6.61. The summed E-state index contributed by atoms with van der Waals surface area (Å²) < 4.78 is 44.7. The van der Waals surface area contributed by atoms with Crippen LogP contribution in [0.15, 0.2) is 29.3 Å². The van der Waals surface area contributed by atoms with Gasteiger partial charge in [0, 0.05) is 44.1 Å². The first kappa shape index (κ1) is 23.4. The van der Waals surface area contributed by atoms with E-state index in [1.165, 1.54) is 10.7 Å². The molecule has 0 aliphatic rings. The van der Waals surface area contributed by atoms with Crippen molar-refractivity contribution in [1.29, 1.82) is 0 Å². The van der Waals surface area contributed by atoms with Crippen LogP contribution in [-0.2, 0) is 26.3 Å². The first-order valence-electron chi connectivity index (χ1n) is 10.2. The number of aryl methyl sites for hydroxylation is 4. The largest absolute Gasteiger partial charge is 0.416 e. The summed E-state index contributed by atoms with van der Waals surface area (Å²) in [5.41, 5.74) is 4.25. The number of hydrogen-bond acceptors (Lipinski definition) is 3. The van der Waals surface area contributed by atoms with Crippen LogP contribution < -0.4 is 10.6 Å². The summed E-state index contributed by atoms with van der Waals surface area (Å²) in [6.07, 6.45) is -4.50. The van der Waals surface area contributed by atoms with E-state index in [1.807, 2.05) is 33.9 Å². The van der Waals surface area contributed by atoms with Crippen LogP contribution in [0.2, 0.25) is 0 Å². The molecule has 0 fully saturated rings. The van der Waals surface area contributed by atoms with Gasteiger partial charge >= 0.3 is 6.18 Å². The van der Waals surface area contributed by atoms with Crippen LogP contribution in [0.5, 0.6) is 0 Å². The Balaban J connectivity index is 1.77. The maximum absolute atomic E-state index is 13.8. The highest BCUT2D eigenvalue weighted by molar-refractivity contribution is 5.79. The second-order valence-corrected chi connectivity index (χ2v) is 7.73. The number of nitrogens with one attached hydrogen (secondary N) is 2. The van der Waals surface area contributed by atoms with Crippen LogP contribution in [0, 0.1) is 27.7 Å². The summed E-state index contributed by atoms with van der Waals surface area (Å²) in [6.45, 7) is 7.93. The van der Waals surface area contributed by atoms with Gasteiger partial charge in [-0.3, -0.25) is 9.67 Å². The lowest BCUT2D eigenvalue weighted by Crippen LogP contribution is -2.37. The van der Waals surface area contributed by atoms with E-state index in [0.29, 0.717) is 18.2 Å². The number of benzene rings is 1. The van der Waals surface area contributed by atoms with Crippen LogP contribution in [0.3, 0.4) is 0 Å². The SMILES string of the molecule is CN=C(NCc1ccc(-n2nc(C)cc2C)cc1C(F)(F)F)NCc1c(C)nn(C)c1C. The van der Waals surface area contributed by atoms with Gasteiger partial charge in [-0.05, 0) is 51.5 Å². The Morgan fingerprint density at radius 2 is 1.72 bits per heavy atom. The topological polar surface area (TPSA) is 72.1 Å². The Bertz CT molecular complexity index is 1140. The van der Waals surface area contributed by atoms with Crippen molar-refractivity contribution < 1.29 is 13.2 Å². The second-order valence-electron chi connectivity index (χ2n) is 7.73. The molecular formula is C22H28F3N7. The molecule has 3 aromatic rings. The third kappa shape index (κ3) is 4.95. The molecule has 0 amide bonds. The third-order valence-corrected chi connectivity index (χ3v) is 5.41. The molecule has 0 aliphatic heterocycles. The van der Waals surface area contributed by atoms with Gasteiger partial charge in [-0.25, -0.2) is 4.68 Å². The molecule has 2 heterocycles. The van der Waals surface area contributed by atoms with Gasteiger partial charge in [0.25, 0.3) is 0 Å². The molecular weight excluding hydrogens is 419 g/mol. The van der Waals surface area contributed by atoms with Gasteiger partial charge in [0.1, 0.15) is 0 Å². The molecule has 172 valence electrons. The number of halogens is 3. The van der Waals surface area contributed by atoms with Crippen molar-refractivity contribution in [2.24, 2.45) is 12.0 Å². The van der Waals surface area contributed by atoms with Crippen molar-refractivity contribution in [3.05, 3.63) is 63.7 Å². The summed E-state index contributed by atoms with van der Waals surface area (Å²) in [6, 6.07) is 6.08. The number of nitrogens with zero attached hydrogens (tertiary/aromatic N) is 5. The molecule has 2 N–H and O–H groups in total. The highest BCUT2D eigenvalue weighted by Crippen LogP contribution is 2.33. The lowest BCUT2D eigenvalue weighted by Gasteiger charge is -2.17. The average molecular weight is 448 g/mol. The van der Waals surface area contributed by atoms with Crippen LogP contribution in [0.25, 0.3) is 5.69 Å². The quantitative estimate of drug-likeness (QED) is 0.462. The average Bonchev–Trinajstić information content (AvgIpc) is 3.18. The number of hydrogen-bond donors (Lipinski definition) is 2. The fourth-order valence-electron chi connectivity index (χ4n) is 3.65. The van der Waals surface area contributed by atoms with E-state index >= 15 is 0 Å². The summed E-state index contributed by atoms with van der Waals surface area (Å²) in [5, 5.41) is 14.8. The van der Waals surface area contributed by atoms with Gasteiger partial charge in [-0.2, -0.15) is 23.4 Å². The molecule has 7 nitrogen and oxygen atoms in total. The van der Waals surface area contributed by atoms with Gasteiger partial charge in [0.05, 0.1) is 22.6 Å². The normalized spacial score (nSPS) is 12.3. The van der Waals surface area contributed by atoms with E-state index in [0.717, 1.165) is 34.4 Å². The molecule has 0 bridgehead atoms. The smallest absolute Gasteiger partial charge is 0.352 e. The molecule has 10 heteroatoms. The van der Waals surface area contributed by atoms with Gasteiger partial charge < -0.3 is 10.6 Å². The minimum absolute atomic E-state index is 0.0308. The molecule has 0 saturated carbocycles. The third-order valence-electron chi connectivity index (χ3n) is 5.41. The predicted octanol–water partition coefficient (Wildman–Crippen LogP) is 3.72. The summed E-state index contributed by atoms with van der Waals surface area (Å²) in [4.78, 5) is 4.13. The van der Waals surface area contributed by atoms with E-state index in [4.69, 9.17) is 0 Å². The molecule has 0 radical (unpaired) electrons. The molecule has 0 spiro atoms. The Labute approximate surface area is 185 Å². The van der Waals surface area contributed by atoms with Crippen molar-refractivity contribution in [1.82, 2.24) is 30.2 Å².